The minimum atomic E-state index is -4.35. The summed E-state index contributed by atoms with van der Waals surface area (Å²) < 4.78 is 32.4. The molecular formula is C40H75NO5S. The van der Waals surface area contributed by atoms with Crippen molar-refractivity contribution in [1.29, 1.82) is 0 Å². The smallest absolute Gasteiger partial charge is 0.267 e. The molecule has 0 bridgehead atoms. The van der Waals surface area contributed by atoms with Crippen LogP contribution in [0.1, 0.15) is 194 Å². The van der Waals surface area contributed by atoms with Gasteiger partial charge in [0.15, 0.2) is 0 Å². The van der Waals surface area contributed by atoms with Gasteiger partial charge in [-0.2, -0.15) is 8.42 Å². The molecule has 2 atom stereocenters. The zero-order valence-electron chi connectivity index (χ0n) is 30.7. The third-order valence-corrected chi connectivity index (χ3v) is 9.57. The Bertz CT molecular complexity index is 883. The SMILES string of the molecule is CCCCCC/C=C\CCCCCCCC(=O)NC(CS(=O)(=O)O)C(O)/C=C/CC/C=C/CCCCCCCCCCCCCCC. The van der Waals surface area contributed by atoms with Crippen molar-refractivity contribution < 1.29 is 22.9 Å². The van der Waals surface area contributed by atoms with Gasteiger partial charge in [-0.3, -0.25) is 9.35 Å². The number of rotatable bonds is 35. The van der Waals surface area contributed by atoms with E-state index in [1.54, 1.807) is 0 Å². The highest BCUT2D eigenvalue weighted by atomic mass is 32.2. The van der Waals surface area contributed by atoms with Crippen LogP contribution < -0.4 is 5.32 Å². The number of aliphatic hydroxyl groups is 1. The number of amides is 1. The number of aliphatic hydroxyl groups excluding tert-OH is 1. The fourth-order valence-corrected chi connectivity index (χ4v) is 6.55. The molecule has 1 amide bonds. The molecule has 0 aliphatic rings. The summed E-state index contributed by atoms with van der Waals surface area (Å²) in [6.45, 7) is 4.50. The van der Waals surface area contributed by atoms with E-state index in [4.69, 9.17) is 0 Å². The quantitative estimate of drug-likeness (QED) is 0.0351. The average Bonchev–Trinajstić information content (AvgIpc) is 3.03. The highest BCUT2D eigenvalue weighted by Crippen LogP contribution is 2.14. The molecule has 0 fully saturated rings. The summed E-state index contributed by atoms with van der Waals surface area (Å²) in [4.78, 5) is 12.5. The van der Waals surface area contributed by atoms with E-state index in [2.05, 4.69) is 43.5 Å². The Hall–Kier alpha value is -1.44. The van der Waals surface area contributed by atoms with E-state index < -0.39 is 28.0 Å². The van der Waals surface area contributed by atoms with Gasteiger partial charge in [-0.15, -0.1) is 0 Å². The predicted octanol–water partition coefficient (Wildman–Crippen LogP) is 11.4. The zero-order valence-corrected chi connectivity index (χ0v) is 31.5. The summed E-state index contributed by atoms with van der Waals surface area (Å²) in [6, 6.07) is -1.08. The van der Waals surface area contributed by atoms with Crippen LogP contribution >= 0.6 is 0 Å². The van der Waals surface area contributed by atoms with Gasteiger partial charge >= 0.3 is 0 Å². The molecule has 2 unspecified atom stereocenters. The minimum Gasteiger partial charge on any atom is -0.387 e. The molecule has 0 saturated heterocycles. The molecule has 0 aromatic carbocycles. The molecule has 0 heterocycles. The fourth-order valence-electron chi connectivity index (χ4n) is 5.81. The maximum atomic E-state index is 12.5. The van der Waals surface area contributed by atoms with E-state index in [-0.39, 0.29) is 12.3 Å². The number of hydrogen-bond acceptors (Lipinski definition) is 4. The molecule has 3 N–H and O–H groups in total. The van der Waals surface area contributed by atoms with E-state index in [9.17, 15) is 22.9 Å². The molecule has 6 nitrogen and oxygen atoms in total. The van der Waals surface area contributed by atoms with Gasteiger partial charge in [-0.25, -0.2) is 0 Å². The van der Waals surface area contributed by atoms with Crippen molar-refractivity contribution in [1.82, 2.24) is 5.32 Å². The molecule has 7 heteroatoms. The largest absolute Gasteiger partial charge is 0.387 e. The van der Waals surface area contributed by atoms with Crippen molar-refractivity contribution >= 4 is 16.0 Å². The molecule has 47 heavy (non-hydrogen) atoms. The van der Waals surface area contributed by atoms with Gasteiger partial charge in [0.1, 0.15) is 0 Å². The highest BCUT2D eigenvalue weighted by Gasteiger charge is 2.24. The van der Waals surface area contributed by atoms with Crippen molar-refractivity contribution in [2.24, 2.45) is 0 Å². The van der Waals surface area contributed by atoms with Crippen molar-refractivity contribution in [3.05, 3.63) is 36.5 Å². The molecule has 0 aliphatic carbocycles. The number of allylic oxidation sites excluding steroid dienone is 5. The molecule has 0 aromatic rings. The Morgan fingerprint density at radius 2 is 0.915 bits per heavy atom. The number of hydrogen-bond donors (Lipinski definition) is 3. The van der Waals surface area contributed by atoms with Gasteiger partial charge in [0.2, 0.25) is 5.91 Å². The molecule has 0 aliphatic heterocycles. The maximum Gasteiger partial charge on any atom is 0.267 e. The van der Waals surface area contributed by atoms with Gasteiger partial charge in [0.25, 0.3) is 10.1 Å². The first kappa shape index (κ1) is 45.6. The number of unbranched alkanes of at least 4 members (excludes halogenated alkanes) is 23. The van der Waals surface area contributed by atoms with Gasteiger partial charge in [-0.1, -0.05) is 166 Å². The Kier molecular flexibility index (Phi) is 33.4. The second-order valence-corrected chi connectivity index (χ2v) is 15.0. The number of carbonyl (C=O) groups excluding carboxylic acids is 1. The fraction of sp³-hybridized carbons (Fsp3) is 0.825. The van der Waals surface area contributed by atoms with Crippen LogP contribution in [0.5, 0.6) is 0 Å². The summed E-state index contributed by atoms with van der Waals surface area (Å²) >= 11 is 0. The van der Waals surface area contributed by atoms with Gasteiger partial charge in [0, 0.05) is 6.42 Å². The Balaban J connectivity index is 3.99. The van der Waals surface area contributed by atoms with Crippen LogP contribution in [0.3, 0.4) is 0 Å². The average molecular weight is 682 g/mol. The van der Waals surface area contributed by atoms with Crippen LogP contribution in [0.4, 0.5) is 0 Å². The first-order valence-corrected chi connectivity index (χ1v) is 21.3. The lowest BCUT2D eigenvalue weighted by Gasteiger charge is -2.21. The Labute approximate surface area is 291 Å². The van der Waals surface area contributed by atoms with Crippen molar-refractivity contribution in [2.45, 2.75) is 206 Å². The summed E-state index contributed by atoms with van der Waals surface area (Å²) in [6.07, 6.45) is 44.2. The Morgan fingerprint density at radius 1 is 0.553 bits per heavy atom. The van der Waals surface area contributed by atoms with E-state index in [0.717, 1.165) is 51.4 Å². The summed E-state index contributed by atoms with van der Waals surface area (Å²) in [5.41, 5.74) is 0. The molecule has 0 spiro atoms. The van der Waals surface area contributed by atoms with Crippen LogP contribution in [0.15, 0.2) is 36.5 Å². The first-order valence-electron chi connectivity index (χ1n) is 19.7. The second kappa shape index (κ2) is 34.4. The lowest BCUT2D eigenvalue weighted by atomic mass is 10.0. The van der Waals surface area contributed by atoms with E-state index in [0.29, 0.717) is 6.42 Å². The molecule has 0 rings (SSSR count). The summed E-state index contributed by atoms with van der Waals surface area (Å²) in [7, 11) is -4.35. The molecular weight excluding hydrogens is 607 g/mol. The maximum absolute atomic E-state index is 12.5. The van der Waals surface area contributed by atoms with E-state index in [1.165, 1.54) is 122 Å². The number of carbonyl (C=O) groups is 1. The van der Waals surface area contributed by atoms with Crippen LogP contribution in [0.25, 0.3) is 0 Å². The van der Waals surface area contributed by atoms with Crippen molar-refractivity contribution in [3.8, 4) is 0 Å². The molecule has 0 radical (unpaired) electrons. The van der Waals surface area contributed by atoms with Crippen LogP contribution in [0, 0.1) is 0 Å². The number of nitrogens with one attached hydrogen (secondary N) is 1. The van der Waals surface area contributed by atoms with Gasteiger partial charge in [-0.05, 0) is 57.8 Å². The molecule has 276 valence electrons. The molecule has 0 aromatic heterocycles. The zero-order chi connectivity index (χ0) is 34.7. The van der Waals surface area contributed by atoms with Crippen LogP contribution in [-0.2, 0) is 14.9 Å². The monoisotopic (exact) mass is 682 g/mol. The predicted molar refractivity (Wildman–Crippen MR) is 202 cm³/mol. The topological polar surface area (TPSA) is 104 Å². The van der Waals surface area contributed by atoms with Crippen molar-refractivity contribution in [2.75, 3.05) is 5.75 Å². The molecule has 0 saturated carbocycles. The normalized spacial score (nSPS) is 13.7. The Morgan fingerprint density at radius 3 is 1.36 bits per heavy atom. The summed E-state index contributed by atoms with van der Waals surface area (Å²) in [5.74, 6) is -1.01. The lowest BCUT2D eigenvalue weighted by Crippen LogP contribution is -2.46. The first-order chi connectivity index (χ1) is 22.8. The lowest BCUT2D eigenvalue weighted by molar-refractivity contribution is -0.122. The van der Waals surface area contributed by atoms with Crippen molar-refractivity contribution in [3.63, 3.8) is 0 Å². The van der Waals surface area contributed by atoms with Gasteiger partial charge < -0.3 is 10.4 Å². The third-order valence-electron chi connectivity index (χ3n) is 8.79. The minimum absolute atomic E-state index is 0.278. The van der Waals surface area contributed by atoms with Gasteiger partial charge in [0.05, 0.1) is 17.9 Å². The van der Waals surface area contributed by atoms with E-state index in [1.807, 2.05) is 6.08 Å². The van der Waals surface area contributed by atoms with E-state index >= 15 is 0 Å². The second-order valence-electron chi connectivity index (χ2n) is 13.5. The summed E-state index contributed by atoms with van der Waals surface area (Å²) in [5, 5.41) is 13.2. The van der Waals surface area contributed by atoms with Crippen LogP contribution in [-0.4, -0.2) is 41.9 Å². The standard InChI is InChI=1S/C40H75NO5S/c1-3-5-7-9-11-13-15-17-18-19-20-21-22-24-25-27-29-31-33-35-39(42)38(37-47(44,45)46)41-40(43)36-34-32-30-28-26-23-16-14-12-10-8-6-4-2/h14,16,25,27,33,35,38-39,42H,3-13,15,17-24,26,28-32,34,36-37H2,1-2H3,(H,41,43)(H,44,45,46)/b16-14-,27-25+,35-33+. The third kappa shape index (κ3) is 35.7. The van der Waals surface area contributed by atoms with Crippen LogP contribution in [0.2, 0.25) is 0 Å². The highest BCUT2D eigenvalue weighted by molar-refractivity contribution is 7.85.